The first-order chi connectivity index (χ1) is 15.0. The molecule has 2 aromatic heterocycles. The van der Waals surface area contributed by atoms with Gasteiger partial charge in [-0.15, -0.1) is 10.2 Å². The van der Waals surface area contributed by atoms with Gasteiger partial charge in [0.25, 0.3) is 0 Å². The Morgan fingerprint density at radius 2 is 1.74 bits per heavy atom. The summed E-state index contributed by atoms with van der Waals surface area (Å²) in [6.45, 7) is 3.19. The maximum atomic E-state index is 9.69. The highest BCUT2D eigenvalue weighted by molar-refractivity contribution is 5.83. The summed E-state index contributed by atoms with van der Waals surface area (Å²) in [6, 6.07) is 17.3. The highest BCUT2D eigenvalue weighted by Crippen LogP contribution is 2.53. The number of benzene rings is 2. The summed E-state index contributed by atoms with van der Waals surface area (Å²) >= 11 is 0. The molecule has 2 heterocycles. The second-order valence-corrected chi connectivity index (χ2v) is 8.32. The quantitative estimate of drug-likeness (QED) is 0.472. The molecule has 1 fully saturated rings. The van der Waals surface area contributed by atoms with Crippen molar-refractivity contribution in [1.29, 1.82) is 0 Å². The summed E-state index contributed by atoms with van der Waals surface area (Å²) in [7, 11) is 2.05. The fourth-order valence-corrected chi connectivity index (χ4v) is 4.15. The number of aromatic nitrogens is 3. The van der Waals surface area contributed by atoms with E-state index in [-0.39, 0.29) is 11.2 Å². The van der Waals surface area contributed by atoms with E-state index in [1.165, 1.54) is 0 Å². The lowest BCUT2D eigenvalue weighted by Gasteiger charge is -2.21. The van der Waals surface area contributed by atoms with Gasteiger partial charge in [0.1, 0.15) is 11.4 Å². The second-order valence-electron chi connectivity index (χ2n) is 8.32. The lowest BCUT2D eigenvalue weighted by atomic mass is 9.91. The Labute approximate surface area is 180 Å². The molecule has 0 unspecified atom stereocenters. The monoisotopic (exact) mass is 416 g/mol. The number of phenolic OH excluding ortho intramolecular Hbond substituents is 1. The van der Waals surface area contributed by atoms with Crippen LogP contribution in [-0.4, -0.2) is 39.0 Å². The molecule has 4 aromatic rings. The molecule has 0 spiro atoms. The van der Waals surface area contributed by atoms with Crippen molar-refractivity contribution in [1.82, 2.24) is 20.3 Å². The van der Waals surface area contributed by atoms with E-state index in [2.05, 4.69) is 39.4 Å². The number of phenols is 1. The van der Waals surface area contributed by atoms with Crippen LogP contribution in [0, 0.1) is 6.92 Å². The molecule has 1 N–H and O–H groups in total. The number of rotatable bonds is 7. The Balaban J connectivity index is 1.50. The van der Waals surface area contributed by atoms with Crippen LogP contribution in [-0.2, 0) is 12.0 Å². The average Bonchev–Trinajstić information content (AvgIpc) is 3.20. The van der Waals surface area contributed by atoms with Gasteiger partial charge in [0, 0.05) is 24.4 Å². The molecule has 0 radical (unpaired) electrons. The van der Waals surface area contributed by atoms with Crippen LogP contribution in [0.1, 0.15) is 30.4 Å². The first-order valence-corrected chi connectivity index (χ1v) is 10.4. The van der Waals surface area contributed by atoms with E-state index in [1.54, 1.807) is 19.1 Å². The van der Waals surface area contributed by atoms with Crippen molar-refractivity contribution in [3.05, 3.63) is 72.1 Å². The fourth-order valence-electron chi connectivity index (χ4n) is 4.15. The van der Waals surface area contributed by atoms with Crippen molar-refractivity contribution < 1.29 is 14.0 Å². The van der Waals surface area contributed by atoms with Crippen molar-refractivity contribution >= 4 is 0 Å². The van der Waals surface area contributed by atoms with Crippen LogP contribution in [0.2, 0.25) is 0 Å². The number of likely N-dealkylation sites (N-methyl/N-ethyl adjacent to an activating group) is 1. The molecule has 0 saturated heterocycles. The van der Waals surface area contributed by atoms with Crippen LogP contribution in [0.5, 0.6) is 5.75 Å². The molecule has 0 amide bonds. The van der Waals surface area contributed by atoms with Crippen LogP contribution >= 0.6 is 0 Å². The van der Waals surface area contributed by atoms with Crippen molar-refractivity contribution in [2.75, 3.05) is 13.6 Å². The standard InChI is InChI=1S/C24H24N4O3/c1-16-25-26-20(30-16)14-28(2)15-24(12-13-24)23-21(17-6-4-3-5-7-17)22(27-31-23)18-8-10-19(29)11-9-18/h3-11,29H,12-15H2,1-2H3. The van der Waals surface area contributed by atoms with Crippen molar-refractivity contribution in [2.45, 2.75) is 31.7 Å². The number of nitrogens with zero attached hydrogens (tertiary/aromatic N) is 4. The van der Waals surface area contributed by atoms with Crippen LogP contribution in [0.25, 0.3) is 22.4 Å². The number of hydrogen-bond acceptors (Lipinski definition) is 7. The lowest BCUT2D eigenvalue weighted by molar-refractivity contribution is 0.241. The summed E-state index contributed by atoms with van der Waals surface area (Å²) in [5.41, 5.74) is 3.70. The second kappa shape index (κ2) is 7.67. The molecule has 2 aromatic carbocycles. The third kappa shape index (κ3) is 3.84. The minimum atomic E-state index is -0.100. The molecule has 0 bridgehead atoms. The molecule has 31 heavy (non-hydrogen) atoms. The predicted octanol–water partition coefficient (Wildman–Crippen LogP) is 4.57. The van der Waals surface area contributed by atoms with Gasteiger partial charge in [0.15, 0.2) is 5.76 Å². The van der Waals surface area contributed by atoms with Crippen molar-refractivity contribution in [2.24, 2.45) is 0 Å². The molecule has 0 atom stereocenters. The molecule has 0 aliphatic heterocycles. The van der Waals surface area contributed by atoms with Gasteiger partial charge < -0.3 is 14.0 Å². The van der Waals surface area contributed by atoms with E-state index in [9.17, 15) is 5.11 Å². The maximum Gasteiger partial charge on any atom is 0.230 e. The summed E-state index contributed by atoms with van der Waals surface area (Å²) in [5.74, 6) is 2.33. The highest BCUT2D eigenvalue weighted by atomic mass is 16.5. The minimum Gasteiger partial charge on any atom is -0.508 e. The normalized spacial score (nSPS) is 14.8. The van der Waals surface area contributed by atoms with Crippen molar-refractivity contribution in [3.8, 4) is 28.1 Å². The molecule has 158 valence electrons. The molecule has 1 aliphatic rings. The van der Waals surface area contributed by atoms with Crippen LogP contribution in [0.3, 0.4) is 0 Å². The Hall–Kier alpha value is -3.45. The zero-order valence-corrected chi connectivity index (χ0v) is 17.6. The molecule has 1 aliphatic carbocycles. The first kappa shape index (κ1) is 19.5. The van der Waals surface area contributed by atoms with E-state index < -0.39 is 0 Å². The van der Waals surface area contributed by atoms with Crippen LogP contribution in [0.4, 0.5) is 0 Å². The molecular formula is C24H24N4O3. The van der Waals surface area contributed by atoms with E-state index in [4.69, 9.17) is 8.94 Å². The van der Waals surface area contributed by atoms with Crippen LogP contribution in [0.15, 0.2) is 63.5 Å². The molecule has 7 nitrogen and oxygen atoms in total. The Bertz CT molecular complexity index is 1180. The Kier molecular flexibility index (Phi) is 4.82. The topological polar surface area (TPSA) is 88.4 Å². The predicted molar refractivity (Wildman–Crippen MR) is 115 cm³/mol. The number of aryl methyl sites for hydroxylation is 1. The van der Waals surface area contributed by atoms with E-state index >= 15 is 0 Å². The Morgan fingerprint density at radius 3 is 2.39 bits per heavy atom. The van der Waals surface area contributed by atoms with Gasteiger partial charge in [0.2, 0.25) is 11.8 Å². The van der Waals surface area contributed by atoms with Gasteiger partial charge >= 0.3 is 0 Å². The van der Waals surface area contributed by atoms with E-state index in [0.29, 0.717) is 18.3 Å². The van der Waals surface area contributed by atoms with Crippen LogP contribution < -0.4 is 0 Å². The largest absolute Gasteiger partial charge is 0.508 e. The van der Waals surface area contributed by atoms with E-state index in [1.807, 2.05) is 30.3 Å². The summed E-state index contributed by atoms with van der Waals surface area (Å²) < 4.78 is 11.6. The first-order valence-electron chi connectivity index (χ1n) is 10.4. The van der Waals surface area contributed by atoms with Gasteiger partial charge in [-0.3, -0.25) is 4.90 Å². The third-order valence-electron chi connectivity index (χ3n) is 5.78. The van der Waals surface area contributed by atoms with Gasteiger partial charge in [-0.2, -0.15) is 0 Å². The van der Waals surface area contributed by atoms with Gasteiger partial charge in [-0.25, -0.2) is 0 Å². The Morgan fingerprint density at radius 1 is 1.00 bits per heavy atom. The van der Waals surface area contributed by atoms with Gasteiger partial charge in [-0.05, 0) is 49.7 Å². The summed E-state index contributed by atoms with van der Waals surface area (Å²) in [4.78, 5) is 2.19. The smallest absolute Gasteiger partial charge is 0.230 e. The minimum absolute atomic E-state index is 0.100. The maximum absolute atomic E-state index is 9.69. The summed E-state index contributed by atoms with van der Waals surface area (Å²) in [6.07, 6.45) is 2.06. The molecular weight excluding hydrogens is 392 g/mol. The van der Waals surface area contributed by atoms with E-state index in [0.717, 1.165) is 47.5 Å². The zero-order valence-electron chi connectivity index (χ0n) is 17.6. The van der Waals surface area contributed by atoms with Crippen molar-refractivity contribution in [3.63, 3.8) is 0 Å². The number of aromatic hydroxyl groups is 1. The van der Waals surface area contributed by atoms with Gasteiger partial charge in [0.05, 0.1) is 12.1 Å². The fraction of sp³-hybridized carbons (Fsp3) is 0.292. The molecule has 1 saturated carbocycles. The third-order valence-corrected chi connectivity index (χ3v) is 5.78. The summed E-state index contributed by atoms with van der Waals surface area (Å²) in [5, 5.41) is 22.2. The van der Waals surface area contributed by atoms with Gasteiger partial charge in [-0.1, -0.05) is 35.5 Å². The molecule has 7 heteroatoms. The lowest BCUT2D eigenvalue weighted by Crippen LogP contribution is -2.29. The average molecular weight is 416 g/mol. The zero-order chi connectivity index (χ0) is 21.4. The number of hydrogen-bond donors (Lipinski definition) is 1. The SMILES string of the molecule is Cc1nnc(CN(C)CC2(c3onc(-c4ccc(O)cc4)c3-c3ccccc3)CC2)o1. The highest BCUT2D eigenvalue weighted by Gasteiger charge is 2.50. The molecule has 5 rings (SSSR count).